The summed E-state index contributed by atoms with van der Waals surface area (Å²) in [4.78, 5) is 14.5. The highest BCUT2D eigenvalue weighted by molar-refractivity contribution is 7.91. The summed E-state index contributed by atoms with van der Waals surface area (Å²) in [6.45, 7) is 2.58. The second-order valence-electron chi connectivity index (χ2n) is 5.75. The molecule has 1 fully saturated rings. The van der Waals surface area contributed by atoms with Crippen LogP contribution >= 0.6 is 0 Å². The molecule has 7 heteroatoms. The third-order valence-corrected chi connectivity index (χ3v) is 5.77. The molecular formula is C15H21N3O3S. The molecule has 1 aromatic rings. The normalized spacial score (nSPS) is 19.8. The molecule has 0 unspecified atom stereocenters. The average Bonchev–Trinajstić information content (AvgIpc) is 3.01. The van der Waals surface area contributed by atoms with Gasteiger partial charge in [0.25, 0.3) is 5.91 Å². The zero-order valence-electron chi connectivity index (χ0n) is 12.9. The molecule has 1 aromatic heterocycles. The smallest absolute Gasteiger partial charge is 0.270 e. The van der Waals surface area contributed by atoms with E-state index in [1.165, 1.54) is 0 Å². The topological polar surface area (TPSA) is 83.2 Å². The molecule has 1 atom stereocenters. The highest BCUT2D eigenvalue weighted by Crippen LogP contribution is 2.21. The maximum Gasteiger partial charge on any atom is 0.270 e. The molecular weight excluding hydrogens is 302 g/mol. The van der Waals surface area contributed by atoms with Gasteiger partial charge in [0.1, 0.15) is 11.8 Å². The third kappa shape index (κ3) is 3.50. The Bertz CT molecular complexity index is 700. The predicted molar refractivity (Wildman–Crippen MR) is 83.1 cm³/mol. The lowest BCUT2D eigenvalue weighted by molar-refractivity contribution is 0.0684. The van der Waals surface area contributed by atoms with Crippen LogP contribution in [0.1, 0.15) is 42.2 Å². The lowest BCUT2D eigenvalue weighted by Crippen LogP contribution is -2.42. The number of nitrogens with zero attached hydrogens (tertiary/aromatic N) is 3. The van der Waals surface area contributed by atoms with Crippen molar-refractivity contribution in [2.24, 2.45) is 7.05 Å². The van der Waals surface area contributed by atoms with Crippen LogP contribution in [0.25, 0.3) is 0 Å². The summed E-state index contributed by atoms with van der Waals surface area (Å²) in [5.41, 5.74) is 0.859. The first kappa shape index (κ1) is 16.6. The fraction of sp³-hybridized carbons (Fsp3) is 0.600. The number of aryl methyl sites for hydroxylation is 1. The number of hydrogen-bond acceptors (Lipinski definition) is 4. The van der Waals surface area contributed by atoms with E-state index in [9.17, 15) is 13.2 Å². The maximum atomic E-state index is 12.8. The Morgan fingerprint density at radius 1 is 1.55 bits per heavy atom. The first-order valence-corrected chi connectivity index (χ1v) is 9.28. The Morgan fingerprint density at radius 3 is 2.77 bits per heavy atom. The van der Waals surface area contributed by atoms with E-state index in [-0.39, 0.29) is 23.5 Å². The first-order chi connectivity index (χ1) is 10.4. The Balaban J connectivity index is 2.26. The van der Waals surface area contributed by atoms with E-state index < -0.39 is 9.84 Å². The molecule has 2 rings (SSSR count). The summed E-state index contributed by atoms with van der Waals surface area (Å²) in [7, 11) is -1.32. The second kappa shape index (κ2) is 6.53. The summed E-state index contributed by atoms with van der Waals surface area (Å²) in [6, 6.07) is 3.32. The first-order valence-electron chi connectivity index (χ1n) is 7.46. The van der Waals surface area contributed by atoms with Gasteiger partial charge in [-0.05, 0) is 18.9 Å². The number of hydrogen-bond donors (Lipinski definition) is 0. The van der Waals surface area contributed by atoms with Crippen molar-refractivity contribution >= 4 is 15.7 Å². The van der Waals surface area contributed by atoms with Gasteiger partial charge in [0, 0.05) is 25.8 Å². The summed E-state index contributed by atoms with van der Waals surface area (Å²) in [5, 5.41) is 8.95. The van der Waals surface area contributed by atoms with Crippen molar-refractivity contribution in [2.75, 3.05) is 18.1 Å². The fourth-order valence-corrected chi connectivity index (χ4v) is 4.52. The highest BCUT2D eigenvalue weighted by atomic mass is 32.2. The SMILES string of the molecule is CCCCN(C(=O)c1cc(C#N)cn1C)[C@@H]1CCS(=O)(=O)C1. The molecule has 1 aliphatic heterocycles. The Labute approximate surface area is 131 Å². The van der Waals surface area contributed by atoms with Crippen molar-refractivity contribution in [1.82, 2.24) is 9.47 Å². The minimum atomic E-state index is -3.04. The number of nitriles is 1. The van der Waals surface area contributed by atoms with Gasteiger partial charge in [0.05, 0.1) is 17.1 Å². The van der Waals surface area contributed by atoms with Crippen LogP contribution < -0.4 is 0 Å². The molecule has 120 valence electrons. The molecule has 1 amide bonds. The number of aromatic nitrogens is 1. The van der Waals surface area contributed by atoms with E-state index in [2.05, 4.69) is 0 Å². The van der Waals surface area contributed by atoms with Gasteiger partial charge in [-0.3, -0.25) is 4.79 Å². The fourth-order valence-electron chi connectivity index (χ4n) is 2.79. The van der Waals surface area contributed by atoms with Crippen molar-refractivity contribution < 1.29 is 13.2 Å². The quantitative estimate of drug-likeness (QED) is 0.818. The number of unbranched alkanes of at least 4 members (excludes halogenated alkanes) is 1. The van der Waals surface area contributed by atoms with Gasteiger partial charge in [-0.2, -0.15) is 5.26 Å². The predicted octanol–water partition coefficient (Wildman–Crippen LogP) is 1.33. The molecule has 2 heterocycles. The molecule has 22 heavy (non-hydrogen) atoms. The Hall–Kier alpha value is -1.81. The van der Waals surface area contributed by atoms with Crippen LogP contribution in [0.2, 0.25) is 0 Å². The monoisotopic (exact) mass is 323 g/mol. The molecule has 6 nitrogen and oxygen atoms in total. The summed E-state index contributed by atoms with van der Waals surface area (Å²) in [5.74, 6) is -0.0122. The zero-order valence-corrected chi connectivity index (χ0v) is 13.8. The zero-order chi connectivity index (χ0) is 16.3. The molecule has 1 saturated heterocycles. The van der Waals surface area contributed by atoms with Crippen molar-refractivity contribution in [2.45, 2.75) is 32.2 Å². The summed E-state index contributed by atoms with van der Waals surface area (Å²) < 4.78 is 25.0. The standard InChI is InChI=1S/C15H21N3O3S/c1-3-4-6-18(13-5-7-22(20,21)11-13)15(19)14-8-12(9-16)10-17(14)2/h8,10,13H,3-7,11H2,1-2H3/t13-/m1/s1. The van der Waals surface area contributed by atoms with Crippen molar-refractivity contribution in [3.63, 3.8) is 0 Å². The van der Waals surface area contributed by atoms with Crippen molar-refractivity contribution in [3.8, 4) is 6.07 Å². The molecule has 0 bridgehead atoms. The number of amides is 1. The van der Waals surface area contributed by atoms with Crippen LogP contribution in [0.4, 0.5) is 0 Å². The van der Waals surface area contributed by atoms with Gasteiger partial charge in [0.2, 0.25) is 0 Å². The van der Waals surface area contributed by atoms with Crippen molar-refractivity contribution in [3.05, 3.63) is 23.5 Å². The number of rotatable bonds is 5. The van der Waals surface area contributed by atoms with Crippen LogP contribution in [-0.2, 0) is 16.9 Å². The minimum absolute atomic E-state index is 0.0397. The van der Waals surface area contributed by atoms with Crippen LogP contribution in [0.3, 0.4) is 0 Å². The van der Waals surface area contributed by atoms with Crippen LogP contribution in [0.15, 0.2) is 12.3 Å². The van der Waals surface area contributed by atoms with E-state index in [1.54, 1.807) is 28.8 Å². The van der Waals surface area contributed by atoms with Gasteiger partial charge in [0.15, 0.2) is 9.84 Å². The van der Waals surface area contributed by atoms with Crippen LogP contribution in [0, 0.1) is 11.3 Å². The van der Waals surface area contributed by atoms with E-state index in [0.717, 1.165) is 12.8 Å². The molecule has 0 saturated carbocycles. The van der Waals surface area contributed by atoms with Gasteiger partial charge < -0.3 is 9.47 Å². The average molecular weight is 323 g/mol. The van der Waals surface area contributed by atoms with Gasteiger partial charge in [-0.15, -0.1) is 0 Å². The van der Waals surface area contributed by atoms with Crippen LogP contribution in [-0.4, -0.2) is 47.9 Å². The Kier molecular flexibility index (Phi) is 4.91. The molecule has 0 N–H and O–H groups in total. The lowest BCUT2D eigenvalue weighted by atomic mass is 10.1. The second-order valence-corrected chi connectivity index (χ2v) is 7.97. The van der Waals surface area contributed by atoms with E-state index in [0.29, 0.717) is 24.2 Å². The highest BCUT2D eigenvalue weighted by Gasteiger charge is 2.35. The summed E-state index contributed by atoms with van der Waals surface area (Å²) >= 11 is 0. The lowest BCUT2D eigenvalue weighted by Gasteiger charge is -2.28. The van der Waals surface area contributed by atoms with Gasteiger partial charge in [-0.25, -0.2) is 8.42 Å². The number of carbonyl (C=O) groups excluding carboxylic acids is 1. The van der Waals surface area contributed by atoms with Crippen LogP contribution in [0.5, 0.6) is 0 Å². The maximum absolute atomic E-state index is 12.8. The largest absolute Gasteiger partial charge is 0.345 e. The molecule has 0 aliphatic carbocycles. The molecule has 0 spiro atoms. The van der Waals surface area contributed by atoms with Gasteiger partial charge in [-0.1, -0.05) is 13.3 Å². The Morgan fingerprint density at radius 2 is 2.27 bits per heavy atom. The molecule has 0 radical (unpaired) electrons. The molecule has 0 aromatic carbocycles. The van der Waals surface area contributed by atoms with E-state index in [1.807, 2.05) is 13.0 Å². The molecule has 1 aliphatic rings. The van der Waals surface area contributed by atoms with Crippen molar-refractivity contribution in [1.29, 1.82) is 5.26 Å². The number of carbonyl (C=O) groups is 1. The summed E-state index contributed by atoms with van der Waals surface area (Å²) in [6.07, 6.45) is 3.86. The van der Waals surface area contributed by atoms with E-state index in [4.69, 9.17) is 5.26 Å². The minimum Gasteiger partial charge on any atom is -0.345 e. The van der Waals surface area contributed by atoms with Gasteiger partial charge >= 0.3 is 0 Å². The number of sulfone groups is 1. The third-order valence-electron chi connectivity index (χ3n) is 4.02. The van der Waals surface area contributed by atoms with E-state index >= 15 is 0 Å².